The summed E-state index contributed by atoms with van der Waals surface area (Å²) in [5, 5.41) is 7.16. The summed E-state index contributed by atoms with van der Waals surface area (Å²) in [5.74, 6) is 0.458. The number of likely N-dealkylation sites (N-methyl/N-ethyl adjacent to an activating group) is 1. The van der Waals surface area contributed by atoms with Crippen LogP contribution in [0.4, 0.5) is 17.2 Å². The number of morpholine rings is 1. The van der Waals surface area contributed by atoms with Gasteiger partial charge in [0.1, 0.15) is 23.7 Å². The van der Waals surface area contributed by atoms with Crippen LogP contribution in [0.3, 0.4) is 0 Å². The van der Waals surface area contributed by atoms with Gasteiger partial charge in [-0.1, -0.05) is 20.8 Å². The number of ether oxygens (including phenoxy) is 2. The van der Waals surface area contributed by atoms with Crippen molar-refractivity contribution in [2.75, 3.05) is 57.2 Å². The van der Waals surface area contributed by atoms with E-state index in [1.165, 1.54) is 6.33 Å². The number of nitrogens with one attached hydrogen (secondary N) is 2. The van der Waals surface area contributed by atoms with Crippen LogP contribution in [0.25, 0.3) is 10.9 Å². The third-order valence-electron chi connectivity index (χ3n) is 9.48. The number of amides is 1. The van der Waals surface area contributed by atoms with Gasteiger partial charge in [-0.25, -0.2) is 9.97 Å². The lowest BCUT2D eigenvalue weighted by Gasteiger charge is -2.35. The van der Waals surface area contributed by atoms with Crippen LogP contribution in [0.2, 0.25) is 0 Å². The lowest BCUT2D eigenvalue weighted by Crippen LogP contribution is -2.48. The van der Waals surface area contributed by atoms with Crippen molar-refractivity contribution in [1.82, 2.24) is 20.2 Å². The zero-order valence-corrected chi connectivity index (χ0v) is 29.7. The quantitative estimate of drug-likeness (QED) is 0.271. The van der Waals surface area contributed by atoms with Crippen LogP contribution < -0.4 is 20.3 Å². The van der Waals surface area contributed by atoms with Gasteiger partial charge < -0.3 is 29.9 Å². The Labute approximate surface area is 289 Å². The molecule has 0 bridgehead atoms. The van der Waals surface area contributed by atoms with Gasteiger partial charge in [0.05, 0.1) is 37.9 Å². The Bertz CT molecular complexity index is 1590. The van der Waals surface area contributed by atoms with Crippen LogP contribution in [0, 0.1) is 11.3 Å². The lowest BCUT2D eigenvalue weighted by molar-refractivity contribution is -0.145. The van der Waals surface area contributed by atoms with E-state index in [1.54, 1.807) is 26.0 Å². The first-order valence-electron chi connectivity index (χ1n) is 16.5. The molecule has 0 aliphatic carbocycles. The van der Waals surface area contributed by atoms with E-state index >= 15 is 0 Å². The van der Waals surface area contributed by atoms with Gasteiger partial charge in [0.2, 0.25) is 5.91 Å². The van der Waals surface area contributed by atoms with Crippen molar-refractivity contribution in [1.29, 1.82) is 0 Å². The van der Waals surface area contributed by atoms with Gasteiger partial charge in [0.15, 0.2) is 5.78 Å². The summed E-state index contributed by atoms with van der Waals surface area (Å²) in [6.45, 7) is 11.4. The van der Waals surface area contributed by atoms with Crippen LogP contribution in [0.1, 0.15) is 52.5 Å². The highest BCUT2D eigenvalue weighted by Gasteiger charge is 2.42. The van der Waals surface area contributed by atoms with Gasteiger partial charge in [0.25, 0.3) is 0 Å². The molecule has 1 aromatic heterocycles. The fourth-order valence-electron chi connectivity index (χ4n) is 6.44. The summed E-state index contributed by atoms with van der Waals surface area (Å²) in [6, 6.07) is 11.1. The fraction of sp³-hybridized carbons (Fsp3) is 0.528. The Kier molecular flexibility index (Phi) is 12.4. The number of ketones is 2. The summed E-state index contributed by atoms with van der Waals surface area (Å²) in [7, 11) is 3.32. The van der Waals surface area contributed by atoms with Gasteiger partial charge in [-0.3, -0.25) is 14.4 Å². The summed E-state index contributed by atoms with van der Waals surface area (Å²) in [5.41, 5.74) is 2.97. The first-order valence-corrected chi connectivity index (χ1v) is 16.5. The Morgan fingerprint density at radius 1 is 1.06 bits per heavy atom. The average Bonchev–Trinajstić information content (AvgIpc) is 3.57. The minimum absolute atomic E-state index is 0. The topological polar surface area (TPSA) is 126 Å². The molecule has 2 saturated heterocycles. The summed E-state index contributed by atoms with van der Waals surface area (Å²) in [6.07, 6.45) is 3.06. The van der Waals surface area contributed by atoms with Crippen LogP contribution in [0.15, 0.2) is 42.7 Å². The molecule has 48 heavy (non-hydrogen) atoms. The lowest BCUT2D eigenvalue weighted by atomic mass is 9.76. The molecule has 0 saturated carbocycles. The number of carbonyl (C=O) groups excluding carboxylic acids is 3. The number of fused-ring (bicyclic) bond motifs is 1. The first kappa shape index (κ1) is 37.0. The summed E-state index contributed by atoms with van der Waals surface area (Å²) < 4.78 is 11.2. The normalized spacial score (nSPS) is 17.8. The number of methoxy groups -OCH3 is 1. The maximum Gasteiger partial charge on any atom is 0.227 e. The van der Waals surface area contributed by atoms with E-state index in [1.807, 2.05) is 45.0 Å². The Morgan fingerprint density at radius 3 is 2.42 bits per heavy atom. The number of rotatable bonds is 12. The van der Waals surface area contributed by atoms with E-state index in [0.29, 0.717) is 35.6 Å². The number of carbonyl (C=O) groups is 3. The maximum atomic E-state index is 14.0. The maximum absolute atomic E-state index is 14.0. The van der Waals surface area contributed by atoms with E-state index in [9.17, 15) is 14.4 Å². The number of Topliss-reactive ketones (excluding diaryl/α,β-unsaturated/α-hetero) is 2. The number of anilines is 3. The number of nitrogens with zero attached hydrogens (tertiary/aromatic N) is 4. The summed E-state index contributed by atoms with van der Waals surface area (Å²) in [4.78, 5) is 53.8. The van der Waals surface area contributed by atoms with Crippen molar-refractivity contribution >= 4 is 58.0 Å². The van der Waals surface area contributed by atoms with E-state index in [4.69, 9.17) is 9.47 Å². The molecule has 0 radical (unpaired) electrons. The van der Waals surface area contributed by atoms with Gasteiger partial charge >= 0.3 is 0 Å². The van der Waals surface area contributed by atoms with E-state index < -0.39 is 17.4 Å². The number of hydrogen-bond acceptors (Lipinski definition) is 10. The number of hydrogen-bond donors (Lipinski definition) is 2. The molecule has 2 aromatic carbocycles. The molecular weight excluding hydrogens is 632 g/mol. The monoisotopic (exact) mass is 680 g/mol. The predicted octanol–water partition coefficient (Wildman–Crippen LogP) is 4.97. The van der Waals surface area contributed by atoms with Crippen LogP contribution >= 0.6 is 12.4 Å². The summed E-state index contributed by atoms with van der Waals surface area (Å²) >= 11 is 0. The molecule has 260 valence electrons. The SMILES string of the molecule is CN[C@@H](C)C(=O)C[C@H](C(=O)N1CCC[C@H]1C(=O)Cc1cc2c(Nc3ccc(N4CCOCC4)cc3)ncnc2cc1OC)C(C)(C)C.Cl. The first-order chi connectivity index (χ1) is 22.5. The predicted molar refractivity (Wildman–Crippen MR) is 191 cm³/mol. The van der Waals surface area contributed by atoms with Crippen LogP contribution in [0.5, 0.6) is 5.75 Å². The Hall–Kier alpha value is -3.80. The van der Waals surface area contributed by atoms with E-state index in [0.717, 1.165) is 49.5 Å². The Morgan fingerprint density at radius 2 is 1.77 bits per heavy atom. The van der Waals surface area contributed by atoms with Gasteiger partial charge in [-0.05, 0) is 62.6 Å². The molecule has 2 N–H and O–H groups in total. The van der Waals surface area contributed by atoms with Gasteiger partial charge in [0, 0.05) is 66.8 Å². The highest BCUT2D eigenvalue weighted by atomic mass is 35.5. The smallest absolute Gasteiger partial charge is 0.227 e. The number of halogens is 1. The minimum atomic E-state index is -0.556. The van der Waals surface area contributed by atoms with Crippen molar-refractivity contribution in [2.24, 2.45) is 11.3 Å². The zero-order chi connectivity index (χ0) is 33.7. The highest BCUT2D eigenvalue weighted by molar-refractivity contribution is 5.96. The number of benzene rings is 2. The second-order valence-corrected chi connectivity index (χ2v) is 13.6. The van der Waals surface area contributed by atoms with E-state index in [-0.39, 0.29) is 48.8 Å². The van der Waals surface area contributed by atoms with Crippen molar-refractivity contribution in [3.8, 4) is 5.75 Å². The molecular formula is C36H49ClN6O5. The highest BCUT2D eigenvalue weighted by Crippen LogP contribution is 2.35. The Balaban J connectivity index is 0.00000520. The van der Waals surface area contributed by atoms with Crippen molar-refractivity contribution < 1.29 is 23.9 Å². The number of aromatic nitrogens is 2. The molecule has 1 amide bonds. The molecule has 3 atom stereocenters. The molecule has 3 aromatic rings. The largest absolute Gasteiger partial charge is 0.496 e. The molecule has 2 fully saturated rings. The second-order valence-electron chi connectivity index (χ2n) is 13.6. The molecule has 3 heterocycles. The third-order valence-corrected chi connectivity index (χ3v) is 9.48. The molecule has 0 spiro atoms. The van der Waals surface area contributed by atoms with E-state index in [2.05, 4.69) is 37.6 Å². The molecule has 2 aliphatic rings. The minimum Gasteiger partial charge on any atom is -0.496 e. The molecule has 5 rings (SSSR count). The third kappa shape index (κ3) is 8.43. The zero-order valence-electron chi connectivity index (χ0n) is 28.9. The van der Waals surface area contributed by atoms with Crippen LogP contribution in [-0.2, 0) is 25.5 Å². The molecule has 0 unspecified atom stereocenters. The average molecular weight is 681 g/mol. The van der Waals surface area contributed by atoms with Gasteiger partial charge in [-0.15, -0.1) is 12.4 Å². The van der Waals surface area contributed by atoms with Crippen LogP contribution in [-0.4, -0.2) is 91.4 Å². The molecule has 2 aliphatic heterocycles. The fourth-order valence-corrected chi connectivity index (χ4v) is 6.44. The second kappa shape index (κ2) is 16.1. The molecule has 12 heteroatoms. The number of likely N-dealkylation sites (tertiary alicyclic amines) is 1. The standard InChI is InChI=1S/C36H48N6O5.ClH/c1-23(37-5)31(43)20-28(36(2,3)4)35(45)42-13-7-8-30(42)32(44)19-24-18-27-29(21-33(24)46-6)38-22-39-34(27)40-25-9-11-26(12-10-25)41-14-16-47-17-15-41;/h9-12,18,21-23,28,30,37H,7-8,13-17,19-20H2,1-6H3,(H,38,39,40);1H/t23-,28+,30-;/m0./s1. The van der Waals surface area contributed by atoms with Crippen molar-refractivity contribution in [2.45, 2.75) is 65.5 Å². The van der Waals surface area contributed by atoms with Crippen molar-refractivity contribution in [3.05, 3.63) is 48.3 Å². The van der Waals surface area contributed by atoms with Crippen molar-refractivity contribution in [3.63, 3.8) is 0 Å². The molecule has 11 nitrogen and oxygen atoms in total. The van der Waals surface area contributed by atoms with Gasteiger partial charge in [-0.2, -0.15) is 0 Å².